The number of aromatic nitrogens is 3. The van der Waals surface area contributed by atoms with Crippen LogP contribution >= 0.6 is 0 Å². The number of rotatable bonds is 6. The fraction of sp³-hybridized carbons (Fsp3) is 0.700. The summed E-state index contributed by atoms with van der Waals surface area (Å²) in [7, 11) is -2.88. The summed E-state index contributed by atoms with van der Waals surface area (Å²) in [5.74, 6) is 6.28. The topological polar surface area (TPSA) is 132 Å². The van der Waals surface area contributed by atoms with E-state index in [2.05, 4.69) is 25.7 Å². The molecule has 1 aromatic heterocycles. The standard InChI is InChI=1S/C10H18N6O3S/c1-2-19-10-14-8(13-9(15-10)16-11)12-5-7-3-4-20(17,18)6-7/h7H,2-6,11H2,1H3,(H2,12,13,14,15,16). The number of hydrogen-bond acceptors (Lipinski definition) is 9. The minimum atomic E-state index is -2.88. The highest BCUT2D eigenvalue weighted by Crippen LogP contribution is 2.19. The van der Waals surface area contributed by atoms with Crippen LogP contribution < -0.4 is 21.3 Å². The quantitative estimate of drug-likeness (QED) is 0.465. The van der Waals surface area contributed by atoms with Crippen LogP contribution in [-0.4, -0.2) is 48.0 Å². The lowest BCUT2D eigenvalue weighted by Crippen LogP contribution is -2.19. The van der Waals surface area contributed by atoms with Gasteiger partial charge in [0, 0.05) is 6.54 Å². The summed E-state index contributed by atoms with van der Waals surface area (Å²) in [4.78, 5) is 12.0. The van der Waals surface area contributed by atoms with Crippen LogP contribution in [-0.2, 0) is 9.84 Å². The number of nitrogen functional groups attached to an aromatic ring is 1. The third-order valence-electron chi connectivity index (χ3n) is 2.89. The largest absolute Gasteiger partial charge is 0.464 e. The molecule has 0 aromatic carbocycles. The molecule has 1 saturated heterocycles. The van der Waals surface area contributed by atoms with Gasteiger partial charge in [0.25, 0.3) is 0 Å². The molecule has 0 bridgehead atoms. The van der Waals surface area contributed by atoms with Crippen LogP contribution in [0.2, 0.25) is 0 Å². The summed E-state index contributed by atoms with van der Waals surface area (Å²) in [6.07, 6.45) is 0.654. The predicted octanol–water partition coefficient (Wildman–Crippen LogP) is -0.597. The first kappa shape index (κ1) is 14.7. The SMILES string of the molecule is CCOc1nc(NN)nc(NCC2CCS(=O)(=O)C2)n1. The summed E-state index contributed by atoms with van der Waals surface area (Å²) < 4.78 is 28.0. The van der Waals surface area contributed by atoms with E-state index in [1.165, 1.54) is 0 Å². The highest BCUT2D eigenvalue weighted by molar-refractivity contribution is 7.91. The van der Waals surface area contributed by atoms with Gasteiger partial charge in [0.15, 0.2) is 9.84 Å². The molecule has 1 unspecified atom stereocenters. The monoisotopic (exact) mass is 302 g/mol. The Morgan fingerprint density at radius 2 is 2.10 bits per heavy atom. The molecule has 10 heteroatoms. The Morgan fingerprint density at radius 3 is 2.70 bits per heavy atom. The Kier molecular flexibility index (Phi) is 4.55. The molecule has 9 nitrogen and oxygen atoms in total. The maximum atomic E-state index is 11.4. The highest BCUT2D eigenvalue weighted by Gasteiger charge is 2.27. The van der Waals surface area contributed by atoms with Gasteiger partial charge < -0.3 is 10.1 Å². The third kappa shape index (κ3) is 3.90. The van der Waals surface area contributed by atoms with Gasteiger partial charge in [-0.05, 0) is 19.3 Å². The summed E-state index contributed by atoms with van der Waals surface area (Å²) in [5, 5.41) is 3.00. The average Bonchev–Trinajstić information content (AvgIpc) is 2.76. The van der Waals surface area contributed by atoms with Crippen molar-refractivity contribution in [3.8, 4) is 6.01 Å². The maximum Gasteiger partial charge on any atom is 0.323 e. The number of nitrogens with one attached hydrogen (secondary N) is 2. The van der Waals surface area contributed by atoms with Crippen molar-refractivity contribution >= 4 is 21.7 Å². The van der Waals surface area contributed by atoms with E-state index in [1.807, 2.05) is 6.92 Å². The smallest absolute Gasteiger partial charge is 0.323 e. The molecule has 1 atom stereocenters. The van der Waals surface area contributed by atoms with E-state index >= 15 is 0 Å². The highest BCUT2D eigenvalue weighted by atomic mass is 32.2. The fourth-order valence-corrected chi connectivity index (χ4v) is 3.82. The molecule has 0 saturated carbocycles. The molecule has 0 radical (unpaired) electrons. The van der Waals surface area contributed by atoms with E-state index in [1.54, 1.807) is 0 Å². The van der Waals surface area contributed by atoms with Gasteiger partial charge in [-0.15, -0.1) is 0 Å². The summed E-state index contributed by atoms with van der Waals surface area (Å²) >= 11 is 0. The lowest BCUT2D eigenvalue weighted by molar-refractivity contribution is 0.312. The second kappa shape index (κ2) is 6.18. The van der Waals surface area contributed by atoms with Crippen molar-refractivity contribution < 1.29 is 13.2 Å². The first-order valence-electron chi connectivity index (χ1n) is 6.32. The Hall–Kier alpha value is -1.68. The van der Waals surface area contributed by atoms with Crippen molar-refractivity contribution in [3.05, 3.63) is 0 Å². The molecule has 20 heavy (non-hydrogen) atoms. The Balaban J connectivity index is 2.00. The molecule has 4 N–H and O–H groups in total. The van der Waals surface area contributed by atoms with Gasteiger partial charge in [0.1, 0.15) is 0 Å². The van der Waals surface area contributed by atoms with E-state index in [4.69, 9.17) is 10.6 Å². The predicted molar refractivity (Wildman–Crippen MR) is 74.1 cm³/mol. The Bertz CT molecular complexity index is 564. The molecular weight excluding hydrogens is 284 g/mol. The van der Waals surface area contributed by atoms with Gasteiger partial charge in [-0.2, -0.15) is 15.0 Å². The molecule has 0 aliphatic carbocycles. The first-order chi connectivity index (χ1) is 9.52. The van der Waals surface area contributed by atoms with E-state index in [9.17, 15) is 8.42 Å². The summed E-state index contributed by atoms with van der Waals surface area (Å²) in [6.45, 7) is 2.73. The van der Waals surface area contributed by atoms with Crippen LogP contribution in [0.4, 0.5) is 11.9 Å². The molecular formula is C10H18N6O3S. The Labute approximate surface area is 117 Å². The van der Waals surface area contributed by atoms with Crippen LogP contribution in [0.3, 0.4) is 0 Å². The summed E-state index contributed by atoms with van der Waals surface area (Å²) in [6, 6.07) is 0.164. The van der Waals surface area contributed by atoms with Crippen molar-refractivity contribution in [3.63, 3.8) is 0 Å². The van der Waals surface area contributed by atoms with Gasteiger partial charge in [0.05, 0.1) is 18.1 Å². The van der Waals surface area contributed by atoms with Crippen LogP contribution in [0.5, 0.6) is 6.01 Å². The van der Waals surface area contributed by atoms with Crippen molar-refractivity contribution in [1.82, 2.24) is 15.0 Å². The molecule has 112 valence electrons. The lowest BCUT2D eigenvalue weighted by Gasteiger charge is -2.11. The second-order valence-corrected chi connectivity index (χ2v) is 6.72. The minimum absolute atomic E-state index is 0.0709. The molecule has 0 amide bonds. The van der Waals surface area contributed by atoms with Crippen molar-refractivity contribution in [2.75, 3.05) is 35.4 Å². The van der Waals surface area contributed by atoms with Crippen LogP contribution in [0.1, 0.15) is 13.3 Å². The molecule has 2 heterocycles. The third-order valence-corrected chi connectivity index (χ3v) is 4.73. The number of sulfone groups is 1. The maximum absolute atomic E-state index is 11.4. The zero-order valence-corrected chi connectivity index (χ0v) is 12.0. The molecule has 2 rings (SSSR count). The Morgan fingerprint density at radius 1 is 1.35 bits per heavy atom. The normalized spacial score (nSPS) is 20.6. The van der Waals surface area contributed by atoms with Gasteiger partial charge in [0.2, 0.25) is 11.9 Å². The molecule has 1 fully saturated rings. The zero-order valence-electron chi connectivity index (χ0n) is 11.2. The van der Waals surface area contributed by atoms with Crippen molar-refractivity contribution in [2.45, 2.75) is 13.3 Å². The van der Waals surface area contributed by atoms with E-state index < -0.39 is 9.84 Å². The number of nitrogens with zero attached hydrogens (tertiary/aromatic N) is 3. The second-order valence-electron chi connectivity index (χ2n) is 4.49. The van der Waals surface area contributed by atoms with Crippen LogP contribution in [0, 0.1) is 5.92 Å². The molecule has 0 spiro atoms. The number of anilines is 2. The lowest BCUT2D eigenvalue weighted by atomic mass is 10.1. The van der Waals surface area contributed by atoms with Gasteiger partial charge in [-0.25, -0.2) is 14.3 Å². The molecule has 1 aliphatic heterocycles. The van der Waals surface area contributed by atoms with Gasteiger partial charge in [-0.1, -0.05) is 0 Å². The summed E-state index contributed by atoms with van der Waals surface area (Å²) in [5.41, 5.74) is 2.33. The number of ether oxygens (including phenoxy) is 1. The molecule has 1 aromatic rings. The minimum Gasteiger partial charge on any atom is -0.464 e. The van der Waals surface area contributed by atoms with Gasteiger partial charge in [-0.3, -0.25) is 5.43 Å². The van der Waals surface area contributed by atoms with E-state index in [-0.39, 0.29) is 29.4 Å². The van der Waals surface area contributed by atoms with E-state index in [0.29, 0.717) is 25.5 Å². The zero-order chi connectivity index (χ0) is 14.6. The molecule has 1 aliphatic rings. The average molecular weight is 302 g/mol. The number of nitrogens with two attached hydrogens (primary N) is 1. The van der Waals surface area contributed by atoms with Crippen molar-refractivity contribution in [2.24, 2.45) is 11.8 Å². The first-order valence-corrected chi connectivity index (χ1v) is 8.14. The van der Waals surface area contributed by atoms with Gasteiger partial charge >= 0.3 is 6.01 Å². The fourth-order valence-electron chi connectivity index (χ4n) is 1.96. The van der Waals surface area contributed by atoms with Crippen LogP contribution in [0.15, 0.2) is 0 Å². The number of hydrazine groups is 1. The number of hydrogen-bond donors (Lipinski definition) is 3. The van der Waals surface area contributed by atoms with Crippen LogP contribution in [0.25, 0.3) is 0 Å². The van der Waals surface area contributed by atoms with Crippen molar-refractivity contribution in [1.29, 1.82) is 0 Å². The van der Waals surface area contributed by atoms with E-state index in [0.717, 1.165) is 0 Å².